The Morgan fingerprint density at radius 2 is 1.88 bits per heavy atom. The van der Waals surface area contributed by atoms with Gasteiger partial charge in [0.1, 0.15) is 11.7 Å². The van der Waals surface area contributed by atoms with Gasteiger partial charge in [-0.05, 0) is 86.5 Å². The number of rotatable bonds is 0. The van der Waals surface area contributed by atoms with Crippen LogP contribution in [0.5, 0.6) is 0 Å². The summed E-state index contributed by atoms with van der Waals surface area (Å²) in [5.41, 5.74) is 3.12. The molecule has 1 aliphatic heterocycles. The third-order valence-electron chi connectivity index (χ3n) is 9.79. The molecule has 24 heavy (non-hydrogen) atoms. The zero-order valence-electron chi connectivity index (χ0n) is 15.7. The van der Waals surface area contributed by atoms with Crippen molar-refractivity contribution < 1.29 is 4.74 Å². The average molecular weight is 325 g/mol. The summed E-state index contributed by atoms with van der Waals surface area (Å²) in [6, 6.07) is 2.52. The van der Waals surface area contributed by atoms with Gasteiger partial charge in [0.25, 0.3) is 0 Å². The minimum Gasteiger partial charge on any atom is -0.361 e. The lowest BCUT2D eigenvalue weighted by atomic mass is 9.44. The van der Waals surface area contributed by atoms with Crippen LogP contribution in [-0.2, 0) is 4.74 Å². The molecule has 1 saturated heterocycles. The summed E-state index contributed by atoms with van der Waals surface area (Å²) in [6.45, 7) is 9.70. The van der Waals surface area contributed by atoms with Crippen LogP contribution in [0, 0.1) is 45.8 Å². The molecule has 3 saturated carbocycles. The highest BCUT2D eigenvalue weighted by Gasteiger charge is 2.75. The number of ether oxygens (including phenoxy) is 1. The van der Waals surface area contributed by atoms with Crippen LogP contribution in [0.4, 0.5) is 0 Å². The lowest BCUT2D eigenvalue weighted by Crippen LogP contribution is -2.57. The van der Waals surface area contributed by atoms with Crippen molar-refractivity contribution in [2.75, 3.05) is 0 Å². The van der Waals surface area contributed by atoms with Crippen molar-refractivity contribution in [3.63, 3.8) is 0 Å². The third kappa shape index (κ3) is 1.53. The summed E-state index contributed by atoms with van der Waals surface area (Å²) in [7, 11) is 0. The number of epoxide rings is 1. The van der Waals surface area contributed by atoms with E-state index in [9.17, 15) is 5.26 Å². The Morgan fingerprint density at radius 1 is 1.08 bits per heavy atom. The predicted molar refractivity (Wildman–Crippen MR) is 94.1 cm³/mol. The molecule has 0 unspecified atom stereocenters. The Hall–Kier alpha value is -0.810. The fourth-order valence-electron chi connectivity index (χ4n) is 8.04. The molecule has 0 radical (unpaired) electrons. The van der Waals surface area contributed by atoms with E-state index in [1.807, 2.05) is 0 Å². The second kappa shape index (κ2) is 4.47. The molecule has 0 aromatic carbocycles. The van der Waals surface area contributed by atoms with Gasteiger partial charge in [-0.2, -0.15) is 5.26 Å². The second-order valence-corrected chi connectivity index (χ2v) is 10.2. The standard InChI is InChI=1S/C22H31NO/c1-13-5-6-17-16-7-10-22-19(24-22)14(2)15(12-23)11-21(22,4)18(16)8-9-20(13,17)3/h13,16-19H,5-11H2,1-4H3/t13-,16-,17-,18-,19+,20+,21+,22+/m0/s1. The summed E-state index contributed by atoms with van der Waals surface area (Å²) in [6.07, 6.45) is 9.41. The molecule has 0 amide bonds. The van der Waals surface area contributed by atoms with Crippen LogP contribution in [0.15, 0.2) is 11.1 Å². The van der Waals surface area contributed by atoms with Gasteiger partial charge in [0.05, 0.1) is 6.07 Å². The van der Waals surface area contributed by atoms with Crippen LogP contribution < -0.4 is 0 Å². The Labute approximate surface area is 146 Å². The van der Waals surface area contributed by atoms with E-state index >= 15 is 0 Å². The van der Waals surface area contributed by atoms with E-state index in [0.717, 1.165) is 35.7 Å². The quantitative estimate of drug-likeness (QED) is 0.571. The monoisotopic (exact) mass is 325 g/mol. The van der Waals surface area contributed by atoms with Crippen molar-refractivity contribution in [2.24, 2.45) is 34.5 Å². The predicted octanol–water partition coefficient (Wildman–Crippen LogP) is 5.25. The molecule has 0 bridgehead atoms. The summed E-state index contributed by atoms with van der Waals surface area (Å²) in [5, 5.41) is 9.66. The maximum absolute atomic E-state index is 9.66. The van der Waals surface area contributed by atoms with Crippen molar-refractivity contribution in [1.82, 2.24) is 0 Å². The smallest absolute Gasteiger partial charge is 0.110 e. The molecule has 1 spiro atoms. The molecule has 130 valence electrons. The fraction of sp³-hybridized carbons (Fsp3) is 0.864. The minimum absolute atomic E-state index is 0.0799. The maximum atomic E-state index is 9.66. The topological polar surface area (TPSA) is 36.3 Å². The lowest BCUT2D eigenvalue weighted by Gasteiger charge is -2.59. The Morgan fingerprint density at radius 3 is 2.62 bits per heavy atom. The van der Waals surface area contributed by atoms with Crippen LogP contribution >= 0.6 is 0 Å². The molecule has 5 aliphatic rings. The first-order valence-electron chi connectivity index (χ1n) is 10.1. The van der Waals surface area contributed by atoms with E-state index in [2.05, 4.69) is 33.8 Å². The normalized spacial score (nSPS) is 58.2. The Kier molecular flexibility index (Phi) is 2.88. The molecule has 0 aromatic heterocycles. The van der Waals surface area contributed by atoms with Crippen molar-refractivity contribution in [2.45, 2.75) is 84.3 Å². The lowest BCUT2D eigenvalue weighted by molar-refractivity contribution is -0.104. The van der Waals surface area contributed by atoms with Crippen molar-refractivity contribution in [3.8, 4) is 6.07 Å². The third-order valence-corrected chi connectivity index (χ3v) is 9.79. The summed E-state index contributed by atoms with van der Waals surface area (Å²) in [5.74, 6) is 3.43. The Bertz CT molecular complexity index is 674. The molecule has 2 heteroatoms. The molecule has 1 heterocycles. The molecule has 4 fully saturated rings. The Balaban J connectivity index is 1.55. The van der Waals surface area contributed by atoms with E-state index in [1.165, 1.54) is 44.1 Å². The number of hydrogen-bond acceptors (Lipinski definition) is 2. The highest BCUT2D eigenvalue weighted by Crippen LogP contribution is 2.73. The van der Waals surface area contributed by atoms with Gasteiger partial charge in [-0.3, -0.25) is 0 Å². The fourth-order valence-corrected chi connectivity index (χ4v) is 8.04. The number of hydrogen-bond donors (Lipinski definition) is 0. The first-order valence-corrected chi connectivity index (χ1v) is 10.1. The van der Waals surface area contributed by atoms with Crippen LogP contribution in [-0.4, -0.2) is 11.7 Å². The van der Waals surface area contributed by atoms with E-state index in [4.69, 9.17) is 4.74 Å². The zero-order valence-corrected chi connectivity index (χ0v) is 15.7. The molecule has 4 aliphatic carbocycles. The molecular weight excluding hydrogens is 294 g/mol. The number of nitriles is 1. The SMILES string of the molecule is CC1=C(C#N)C[C@]2(C)[C@H]3CC[C@]4(C)[C@@H](C)CC[C@H]4[C@@H]3CC[C@]23O[C@H]13. The maximum Gasteiger partial charge on any atom is 0.110 e. The minimum atomic E-state index is 0.0799. The van der Waals surface area contributed by atoms with E-state index in [1.54, 1.807) is 0 Å². The van der Waals surface area contributed by atoms with E-state index < -0.39 is 0 Å². The number of allylic oxidation sites excluding steroid dienone is 1. The van der Waals surface area contributed by atoms with Crippen LogP contribution in [0.3, 0.4) is 0 Å². The van der Waals surface area contributed by atoms with Gasteiger partial charge in [0.2, 0.25) is 0 Å². The number of fused-ring (bicyclic) bond motifs is 4. The van der Waals surface area contributed by atoms with Crippen molar-refractivity contribution in [1.29, 1.82) is 5.26 Å². The van der Waals surface area contributed by atoms with E-state index in [0.29, 0.717) is 5.41 Å². The van der Waals surface area contributed by atoms with Crippen molar-refractivity contribution >= 4 is 0 Å². The van der Waals surface area contributed by atoms with Gasteiger partial charge in [-0.15, -0.1) is 0 Å². The summed E-state index contributed by atoms with van der Waals surface area (Å²) < 4.78 is 6.41. The molecule has 8 atom stereocenters. The first kappa shape index (κ1) is 15.4. The first-order chi connectivity index (χ1) is 11.4. The van der Waals surface area contributed by atoms with E-state index in [-0.39, 0.29) is 17.1 Å². The summed E-state index contributed by atoms with van der Waals surface area (Å²) in [4.78, 5) is 0. The van der Waals surface area contributed by atoms with Gasteiger partial charge < -0.3 is 4.74 Å². The zero-order chi connectivity index (χ0) is 16.9. The van der Waals surface area contributed by atoms with Gasteiger partial charge in [-0.1, -0.05) is 20.8 Å². The molecule has 5 rings (SSSR count). The second-order valence-electron chi connectivity index (χ2n) is 10.2. The van der Waals surface area contributed by atoms with Gasteiger partial charge >= 0.3 is 0 Å². The summed E-state index contributed by atoms with van der Waals surface area (Å²) >= 11 is 0. The van der Waals surface area contributed by atoms with Gasteiger partial charge in [-0.25, -0.2) is 0 Å². The molecule has 2 nitrogen and oxygen atoms in total. The highest BCUT2D eigenvalue weighted by molar-refractivity contribution is 5.43. The van der Waals surface area contributed by atoms with Gasteiger partial charge in [0, 0.05) is 11.0 Å². The largest absolute Gasteiger partial charge is 0.361 e. The van der Waals surface area contributed by atoms with Crippen LogP contribution in [0.1, 0.15) is 72.6 Å². The highest BCUT2D eigenvalue weighted by atomic mass is 16.6. The number of nitrogens with zero attached hydrogens (tertiary/aromatic N) is 1. The molecule has 0 N–H and O–H groups in total. The van der Waals surface area contributed by atoms with Crippen LogP contribution in [0.2, 0.25) is 0 Å². The van der Waals surface area contributed by atoms with Crippen molar-refractivity contribution in [3.05, 3.63) is 11.1 Å². The molecular formula is C22H31NO. The van der Waals surface area contributed by atoms with Gasteiger partial charge in [0.15, 0.2) is 0 Å². The molecule has 0 aromatic rings. The average Bonchev–Trinajstić information content (AvgIpc) is 3.23. The van der Waals surface area contributed by atoms with Crippen LogP contribution in [0.25, 0.3) is 0 Å².